The van der Waals surface area contributed by atoms with Crippen LogP contribution in [0.1, 0.15) is 47.0 Å². The minimum atomic E-state index is -0.187. The maximum Gasteiger partial charge on any atom is 0.317 e. The largest absolute Gasteiger partial charge is 0.396 e. The Hall–Kier alpha value is -0.770. The van der Waals surface area contributed by atoms with Crippen molar-refractivity contribution in [2.45, 2.75) is 52.5 Å². The molecule has 0 radical (unpaired) electrons. The molecule has 0 aliphatic carbocycles. The number of hydrogen-bond donors (Lipinski definition) is 2. The van der Waals surface area contributed by atoms with E-state index in [2.05, 4.69) is 12.2 Å². The summed E-state index contributed by atoms with van der Waals surface area (Å²) in [7, 11) is 0. The number of piperidine rings is 1. The number of nitrogens with one attached hydrogen (secondary N) is 1. The van der Waals surface area contributed by atoms with E-state index in [1.807, 2.05) is 25.7 Å². The van der Waals surface area contributed by atoms with Crippen molar-refractivity contribution in [2.75, 3.05) is 19.7 Å². The van der Waals surface area contributed by atoms with E-state index in [4.69, 9.17) is 0 Å². The highest BCUT2D eigenvalue weighted by Gasteiger charge is 2.34. The third-order valence-electron chi connectivity index (χ3n) is 3.68. The van der Waals surface area contributed by atoms with Gasteiger partial charge in [0, 0.05) is 25.2 Å². The molecule has 0 atom stereocenters. The summed E-state index contributed by atoms with van der Waals surface area (Å²) in [5, 5.41) is 12.4. The third kappa shape index (κ3) is 3.87. The van der Waals surface area contributed by atoms with Crippen LogP contribution < -0.4 is 5.32 Å². The monoisotopic (exact) mass is 242 g/mol. The molecule has 17 heavy (non-hydrogen) atoms. The van der Waals surface area contributed by atoms with Crippen molar-refractivity contribution in [1.82, 2.24) is 10.2 Å². The highest BCUT2D eigenvalue weighted by molar-refractivity contribution is 5.75. The van der Waals surface area contributed by atoms with Gasteiger partial charge < -0.3 is 15.3 Å². The molecule has 1 aliphatic rings. The van der Waals surface area contributed by atoms with Crippen LogP contribution in [0.2, 0.25) is 0 Å². The average Bonchev–Trinajstić information content (AvgIpc) is 2.27. The van der Waals surface area contributed by atoms with Crippen molar-refractivity contribution in [2.24, 2.45) is 5.41 Å². The van der Waals surface area contributed by atoms with Crippen LogP contribution in [-0.4, -0.2) is 41.3 Å². The maximum atomic E-state index is 12.0. The Kier molecular flexibility index (Phi) is 4.42. The number of aliphatic hydroxyl groups excluding tert-OH is 1. The molecule has 2 amide bonds. The number of aliphatic hydroxyl groups is 1. The second-order valence-corrected chi connectivity index (χ2v) is 6.18. The van der Waals surface area contributed by atoms with Gasteiger partial charge in [0.05, 0.1) is 0 Å². The summed E-state index contributed by atoms with van der Waals surface area (Å²) in [5.41, 5.74) is -0.147. The normalized spacial score (nSPS) is 20.2. The fourth-order valence-corrected chi connectivity index (χ4v) is 2.21. The average molecular weight is 242 g/mol. The van der Waals surface area contributed by atoms with Crippen LogP contribution in [-0.2, 0) is 0 Å². The van der Waals surface area contributed by atoms with Crippen LogP contribution in [0.4, 0.5) is 4.79 Å². The third-order valence-corrected chi connectivity index (χ3v) is 3.68. The van der Waals surface area contributed by atoms with E-state index in [1.165, 1.54) is 0 Å². The summed E-state index contributed by atoms with van der Waals surface area (Å²) in [4.78, 5) is 13.8. The van der Waals surface area contributed by atoms with Gasteiger partial charge in [-0.15, -0.1) is 0 Å². The number of amides is 2. The first-order chi connectivity index (χ1) is 7.82. The highest BCUT2D eigenvalue weighted by Crippen LogP contribution is 2.34. The van der Waals surface area contributed by atoms with Crippen LogP contribution >= 0.6 is 0 Å². The number of hydrogen-bond acceptors (Lipinski definition) is 2. The number of carbonyl (C=O) groups is 1. The van der Waals surface area contributed by atoms with Gasteiger partial charge in [0.15, 0.2) is 0 Å². The molecule has 1 saturated heterocycles. The van der Waals surface area contributed by atoms with Crippen LogP contribution in [0, 0.1) is 5.41 Å². The van der Waals surface area contributed by atoms with Crippen LogP contribution in [0.3, 0.4) is 0 Å². The summed E-state index contributed by atoms with van der Waals surface area (Å²) in [6.45, 7) is 9.79. The van der Waals surface area contributed by atoms with Crippen LogP contribution in [0.15, 0.2) is 0 Å². The molecule has 0 unspecified atom stereocenters. The molecule has 1 rings (SSSR count). The lowest BCUT2D eigenvalue weighted by atomic mass is 9.77. The van der Waals surface area contributed by atoms with E-state index < -0.39 is 0 Å². The first-order valence-electron chi connectivity index (χ1n) is 6.50. The number of carbonyl (C=O) groups excluding carboxylic acids is 1. The fraction of sp³-hybridized carbons (Fsp3) is 0.923. The van der Waals surface area contributed by atoms with Crippen molar-refractivity contribution in [3.63, 3.8) is 0 Å². The van der Waals surface area contributed by atoms with Gasteiger partial charge in [-0.25, -0.2) is 4.79 Å². The van der Waals surface area contributed by atoms with Crippen LogP contribution in [0.5, 0.6) is 0 Å². The van der Waals surface area contributed by atoms with E-state index in [9.17, 15) is 9.90 Å². The molecule has 2 N–H and O–H groups in total. The number of nitrogens with zero attached hydrogens (tertiary/aromatic N) is 1. The second-order valence-electron chi connectivity index (χ2n) is 6.18. The van der Waals surface area contributed by atoms with Crippen molar-refractivity contribution in [3.8, 4) is 0 Å². The van der Waals surface area contributed by atoms with E-state index in [0.29, 0.717) is 0 Å². The Bertz CT molecular complexity index is 257. The molecule has 0 bridgehead atoms. The SMILES string of the molecule is CCC1(CO)CCN(C(=O)NC(C)(C)C)CC1. The standard InChI is InChI=1S/C13H26N2O2/c1-5-13(10-16)6-8-15(9-7-13)11(17)14-12(2,3)4/h16H,5-10H2,1-4H3,(H,14,17). The Balaban J connectivity index is 2.49. The van der Waals surface area contributed by atoms with E-state index in [0.717, 1.165) is 32.4 Å². The molecular weight excluding hydrogens is 216 g/mol. The van der Waals surface area contributed by atoms with Gasteiger partial charge in [-0.3, -0.25) is 0 Å². The highest BCUT2D eigenvalue weighted by atomic mass is 16.3. The smallest absolute Gasteiger partial charge is 0.317 e. The summed E-state index contributed by atoms with van der Waals surface area (Å²) in [6.07, 6.45) is 2.79. The summed E-state index contributed by atoms with van der Waals surface area (Å²) < 4.78 is 0. The Morgan fingerprint density at radius 1 is 1.35 bits per heavy atom. The molecule has 1 aliphatic heterocycles. The first-order valence-corrected chi connectivity index (χ1v) is 6.50. The van der Waals surface area contributed by atoms with E-state index in [1.54, 1.807) is 0 Å². The second kappa shape index (κ2) is 5.25. The van der Waals surface area contributed by atoms with Crippen LogP contribution in [0.25, 0.3) is 0 Å². The van der Waals surface area contributed by atoms with Crippen molar-refractivity contribution >= 4 is 6.03 Å². The molecule has 0 saturated carbocycles. The summed E-state index contributed by atoms with van der Waals surface area (Å²) in [6, 6.07) is 0.0140. The van der Waals surface area contributed by atoms with E-state index >= 15 is 0 Å². The molecule has 4 nitrogen and oxygen atoms in total. The molecule has 0 aromatic carbocycles. The van der Waals surface area contributed by atoms with Gasteiger partial charge in [0.25, 0.3) is 0 Å². The molecular formula is C13H26N2O2. The van der Waals surface area contributed by atoms with Crippen molar-refractivity contribution in [1.29, 1.82) is 0 Å². The molecule has 0 spiro atoms. The number of urea groups is 1. The quantitative estimate of drug-likeness (QED) is 0.778. The Morgan fingerprint density at radius 2 is 1.88 bits per heavy atom. The topological polar surface area (TPSA) is 52.6 Å². The predicted molar refractivity (Wildman–Crippen MR) is 68.9 cm³/mol. The van der Waals surface area contributed by atoms with E-state index in [-0.39, 0.29) is 23.6 Å². The van der Waals surface area contributed by atoms with Gasteiger partial charge in [-0.05, 0) is 45.4 Å². The number of rotatable bonds is 2. The zero-order chi connectivity index (χ0) is 13.1. The summed E-state index contributed by atoms with van der Waals surface area (Å²) >= 11 is 0. The number of likely N-dealkylation sites (tertiary alicyclic amines) is 1. The Morgan fingerprint density at radius 3 is 2.24 bits per heavy atom. The lowest BCUT2D eigenvalue weighted by Crippen LogP contribution is -2.52. The summed E-state index contributed by atoms with van der Waals surface area (Å²) in [5.74, 6) is 0. The zero-order valence-corrected chi connectivity index (χ0v) is 11.5. The first kappa shape index (κ1) is 14.3. The minimum absolute atomic E-state index is 0.0140. The lowest BCUT2D eigenvalue weighted by molar-refractivity contribution is 0.0509. The van der Waals surface area contributed by atoms with Gasteiger partial charge in [-0.1, -0.05) is 6.92 Å². The minimum Gasteiger partial charge on any atom is -0.396 e. The van der Waals surface area contributed by atoms with Crippen molar-refractivity contribution < 1.29 is 9.90 Å². The van der Waals surface area contributed by atoms with Gasteiger partial charge in [0.2, 0.25) is 0 Å². The zero-order valence-electron chi connectivity index (χ0n) is 11.5. The molecule has 0 aromatic rings. The van der Waals surface area contributed by atoms with Gasteiger partial charge in [-0.2, -0.15) is 0 Å². The van der Waals surface area contributed by atoms with Gasteiger partial charge >= 0.3 is 6.03 Å². The molecule has 0 aromatic heterocycles. The molecule has 4 heteroatoms. The van der Waals surface area contributed by atoms with Crippen molar-refractivity contribution in [3.05, 3.63) is 0 Å². The lowest BCUT2D eigenvalue weighted by Gasteiger charge is -2.41. The Labute approximate surface area is 104 Å². The fourth-order valence-electron chi connectivity index (χ4n) is 2.21. The maximum absolute atomic E-state index is 12.0. The molecule has 1 fully saturated rings. The predicted octanol–water partition coefficient (Wildman–Crippen LogP) is 1.98. The molecule has 100 valence electrons. The van der Waals surface area contributed by atoms with Gasteiger partial charge in [0.1, 0.15) is 0 Å². The molecule has 1 heterocycles.